The predicted molar refractivity (Wildman–Crippen MR) is 61.1 cm³/mol. The van der Waals surface area contributed by atoms with Crippen LogP contribution in [-0.2, 0) is 13.1 Å². The molecule has 0 fully saturated rings. The Bertz CT molecular complexity index is 413. The standard InChI is InChI=1S/C9H13N5OS/c1-2-10-5-8-13-14-9(15-8)12-4-7-3-11-6-16-7/h3,6,10H,2,4-5H2,1H3,(H,12,14). The van der Waals surface area contributed by atoms with E-state index in [0.29, 0.717) is 25.0 Å². The second-order valence-corrected chi connectivity index (χ2v) is 4.07. The minimum atomic E-state index is 0.446. The zero-order chi connectivity index (χ0) is 11.2. The summed E-state index contributed by atoms with van der Waals surface area (Å²) in [6.07, 6.45) is 1.81. The Hall–Kier alpha value is -1.47. The van der Waals surface area contributed by atoms with E-state index in [1.54, 1.807) is 16.8 Å². The van der Waals surface area contributed by atoms with Crippen LogP contribution >= 0.6 is 11.3 Å². The van der Waals surface area contributed by atoms with Gasteiger partial charge in [0.2, 0.25) is 5.89 Å². The lowest BCUT2D eigenvalue weighted by molar-refractivity contribution is 0.481. The summed E-state index contributed by atoms with van der Waals surface area (Å²) in [5.41, 5.74) is 1.79. The fourth-order valence-corrected chi connectivity index (χ4v) is 1.65. The molecule has 2 N–H and O–H groups in total. The van der Waals surface area contributed by atoms with Crippen LogP contribution in [0.4, 0.5) is 6.01 Å². The highest BCUT2D eigenvalue weighted by Gasteiger charge is 2.04. The molecule has 0 amide bonds. The maximum absolute atomic E-state index is 5.37. The molecule has 2 rings (SSSR count). The lowest BCUT2D eigenvalue weighted by Crippen LogP contribution is -2.11. The van der Waals surface area contributed by atoms with Gasteiger partial charge in [-0.25, -0.2) is 0 Å². The second kappa shape index (κ2) is 5.57. The predicted octanol–water partition coefficient (Wildman–Crippen LogP) is 1.25. The van der Waals surface area contributed by atoms with E-state index in [9.17, 15) is 0 Å². The van der Waals surface area contributed by atoms with Crippen molar-refractivity contribution in [3.05, 3.63) is 22.5 Å². The van der Waals surface area contributed by atoms with Crippen molar-refractivity contribution < 1.29 is 4.42 Å². The van der Waals surface area contributed by atoms with Crippen LogP contribution in [0, 0.1) is 0 Å². The number of anilines is 1. The van der Waals surface area contributed by atoms with Crippen LogP contribution in [0.1, 0.15) is 17.7 Å². The van der Waals surface area contributed by atoms with Crippen LogP contribution in [0.3, 0.4) is 0 Å². The molecule has 0 aliphatic carbocycles. The molecule has 0 atom stereocenters. The van der Waals surface area contributed by atoms with Crippen LogP contribution in [0.25, 0.3) is 0 Å². The molecule has 0 spiro atoms. The molecule has 6 nitrogen and oxygen atoms in total. The van der Waals surface area contributed by atoms with E-state index < -0.39 is 0 Å². The average Bonchev–Trinajstić information content (AvgIpc) is 2.95. The van der Waals surface area contributed by atoms with E-state index in [2.05, 4.69) is 25.8 Å². The fourth-order valence-electron chi connectivity index (χ4n) is 1.12. The molecule has 0 aromatic carbocycles. The molecule has 0 aliphatic heterocycles. The number of thiazole rings is 1. The van der Waals surface area contributed by atoms with E-state index in [1.165, 1.54) is 0 Å². The van der Waals surface area contributed by atoms with Gasteiger partial charge in [0.1, 0.15) is 0 Å². The van der Waals surface area contributed by atoms with Gasteiger partial charge in [0.15, 0.2) is 0 Å². The van der Waals surface area contributed by atoms with Crippen molar-refractivity contribution in [3.8, 4) is 0 Å². The summed E-state index contributed by atoms with van der Waals surface area (Å²) < 4.78 is 5.37. The molecule has 2 aromatic rings. The lowest BCUT2D eigenvalue weighted by atomic mass is 10.5. The molecule has 16 heavy (non-hydrogen) atoms. The van der Waals surface area contributed by atoms with E-state index in [-0.39, 0.29) is 0 Å². The number of hydrogen-bond donors (Lipinski definition) is 2. The summed E-state index contributed by atoms with van der Waals surface area (Å²) in [5.74, 6) is 0.591. The van der Waals surface area contributed by atoms with Gasteiger partial charge in [-0.15, -0.1) is 16.4 Å². The maximum Gasteiger partial charge on any atom is 0.315 e. The SMILES string of the molecule is CCNCc1nnc(NCc2cncs2)o1. The number of rotatable bonds is 6. The van der Waals surface area contributed by atoms with Gasteiger partial charge in [-0.05, 0) is 6.54 Å². The summed E-state index contributed by atoms with van der Waals surface area (Å²) >= 11 is 1.59. The van der Waals surface area contributed by atoms with E-state index in [1.807, 2.05) is 13.1 Å². The minimum Gasteiger partial charge on any atom is -0.407 e. The highest BCUT2D eigenvalue weighted by atomic mass is 32.1. The third-order valence-electron chi connectivity index (χ3n) is 1.89. The summed E-state index contributed by atoms with van der Waals surface area (Å²) in [4.78, 5) is 5.11. The summed E-state index contributed by atoms with van der Waals surface area (Å²) in [7, 11) is 0. The summed E-state index contributed by atoms with van der Waals surface area (Å²) in [5, 5.41) is 13.9. The molecule has 7 heteroatoms. The van der Waals surface area contributed by atoms with Crippen LogP contribution in [0.5, 0.6) is 0 Å². The maximum atomic E-state index is 5.37. The van der Waals surface area contributed by atoms with Crippen molar-refractivity contribution in [1.29, 1.82) is 0 Å². The van der Waals surface area contributed by atoms with Gasteiger partial charge in [0, 0.05) is 11.1 Å². The highest BCUT2D eigenvalue weighted by molar-refractivity contribution is 7.09. The van der Waals surface area contributed by atoms with E-state index in [4.69, 9.17) is 4.42 Å². The van der Waals surface area contributed by atoms with Crippen LogP contribution in [0.2, 0.25) is 0 Å². The molecular formula is C9H13N5OS. The van der Waals surface area contributed by atoms with Crippen molar-refractivity contribution in [2.45, 2.75) is 20.0 Å². The minimum absolute atomic E-state index is 0.446. The first-order chi connectivity index (χ1) is 7.88. The van der Waals surface area contributed by atoms with Crippen molar-refractivity contribution in [2.75, 3.05) is 11.9 Å². The topological polar surface area (TPSA) is 75.9 Å². The van der Waals surface area contributed by atoms with E-state index >= 15 is 0 Å². The Labute approximate surface area is 97.1 Å². The Morgan fingerprint density at radius 2 is 2.31 bits per heavy atom. The molecule has 0 radical (unpaired) electrons. The Morgan fingerprint density at radius 1 is 1.38 bits per heavy atom. The summed E-state index contributed by atoms with van der Waals surface area (Å²) in [6.45, 7) is 4.17. The second-order valence-electron chi connectivity index (χ2n) is 3.10. The number of aromatic nitrogens is 3. The zero-order valence-electron chi connectivity index (χ0n) is 8.93. The first-order valence-electron chi connectivity index (χ1n) is 5.03. The van der Waals surface area contributed by atoms with Gasteiger partial charge in [0.25, 0.3) is 0 Å². The Balaban J connectivity index is 1.83. The van der Waals surface area contributed by atoms with Crippen molar-refractivity contribution in [1.82, 2.24) is 20.5 Å². The van der Waals surface area contributed by atoms with Crippen molar-refractivity contribution in [3.63, 3.8) is 0 Å². The molecule has 0 unspecified atom stereocenters. The molecule has 86 valence electrons. The molecule has 2 aromatic heterocycles. The summed E-state index contributed by atoms with van der Waals surface area (Å²) in [6, 6.07) is 0.446. The van der Waals surface area contributed by atoms with Crippen molar-refractivity contribution in [2.24, 2.45) is 0 Å². The third-order valence-corrected chi connectivity index (χ3v) is 2.67. The first-order valence-corrected chi connectivity index (χ1v) is 5.90. The third kappa shape index (κ3) is 3.01. The van der Waals surface area contributed by atoms with Gasteiger partial charge in [-0.1, -0.05) is 12.0 Å². The van der Waals surface area contributed by atoms with Gasteiger partial charge in [0.05, 0.1) is 18.6 Å². The number of hydrogen-bond acceptors (Lipinski definition) is 7. The zero-order valence-corrected chi connectivity index (χ0v) is 9.75. The molecule has 2 heterocycles. The van der Waals surface area contributed by atoms with Gasteiger partial charge >= 0.3 is 6.01 Å². The molecule has 0 aliphatic rings. The van der Waals surface area contributed by atoms with Gasteiger partial charge in [-0.3, -0.25) is 4.98 Å². The van der Waals surface area contributed by atoms with E-state index in [0.717, 1.165) is 11.4 Å². The molecule has 0 saturated carbocycles. The van der Waals surface area contributed by atoms with Crippen LogP contribution in [-0.4, -0.2) is 21.7 Å². The quantitative estimate of drug-likeness (QED) is 0.790. The molecular weight excluding hydrogens is 226 g/mol. The number of nitrogens with zero attached hydrogens (tertiary/aromatic N) is 3. The fraction of sp³-hybridized carbons (Fsp3) is 0.444. The average molecular weight is 239 g/mol. The first kappa shape index (κ1) is 11.0. The van der Waals surface area contributed by atoms with Crippen LogP contribution < -0.4 is 10.6 Å². The lowest BCUT2D eigenvalue weighted by Gasteiger charge is -1.97. The van der Waals surface area contributed by atoms with Gasteiger partial charge in [-0.2, -0.15) is 0 Å². The van der Waals surface area contributed by atoms with Crippen molar-refractivity contribution >= 4 is 17.4 Å². The molecule has 0 saturated heterocycles. The molecule has 0 bridgehead atoms. The number of nitrogens with one attached hydrogen (secondary N) is 2. The van der Waals surface area contributed by atoms with Crippen LogP contribution in [0.15, 0.2) is 16.1 Å². The Kier molecular flexibility index (Phi) is 3.84. The highest BCUT2D eigenvalue weighted by Crippen LogP contribution is 2.10. The van der Waals surface area contributed by atoms with Gasteiger partial charge < -0.3 is 15.1 Å². The Morgan fingerprint density at radius 3 is 3.06 bits per heavy atom. The normalized spacial score (nSPS) is 10.6. The smallest absolute Gasteiger partial charge is 0.315 e. The largest absolute Gasteiger partial charge is 0.407 e. The monoisotopic (exact) mass is 239 g/mol.